The summed E-state index contributed by atoms with van der Waals surface area (Å²) in [6, 6.07) is 5.30. The molecule has 1 heterocycles. The van der Waals surface area contributed by atoms with Crippen LogP contribution in [0.25, 0.3) is 10.9 Å². The maximum absolute atomic E-state index is 11.4. The number of benzene rings is 1. The van der Waals surface area contributed by atoms with Crippen molar-refractivity contribution in [1.29, 1.82) is 0 Å². The van der Waals surface area contributed by atoms with Crippen molar-refractivity contribution in [2.24, 2.45) is 0 Å². The Kier molecular flexibility index (Phi) is 2.09. The highest BCUT2D eigenvalue weighted by atomic mass is 79.9. The minimum atomic E-state index is -0.253. The molecule has 0 amide bonds. The second-order valence-electron chi connectivity index (χ2n) is 2.51. The highest BCUT2D eigenvalue weighted by molar-refractivity contribution is 9.10. The van der Waals surface area contributed by atoms with E-state index in [-0.39, 0.29) is 10.6 Å². The van der Waals surface area contributed by atoms with Crippen molar-refractivity contribution in [3.8, 4) is 0 Å². The van der Waals surface area contributed by atoms with Crippen molar-refractivity contribution in [1.82, 2.24) is 10.2 Å². The number of H-pyrrole nitrogens is 1. The predicted molar refractivity (Wildman–Crippen MR) is 55.1 cm³/mol. The van der Waals surface area contributed by atoms with Crippen molar-refractivity contribution < 1.29 is 0 Å². The number of nitrogens with zero attached hydrogens (tertiary/aromatic N) is 1. The Bertz CT molecular complexity index is 523. The maximum atomic E-state index is 11.4. The zero-order valence-electron chi connectivity index (χ0n) is 6.34. The Balaban J connectivity index is 3.03. The van der Waals surface area contributed by atoms with Crippen molar-refractivity contribution in [3.63, 3.8) is 0 Å². The van der Waals surface area contributed by atoms with Gasteiger partial charge in [0.25, 0.3) is 0 Å². The molecule has 1 aromatic heterocycles. The lowest BCUT2D eigenvalue weighted by Gasteiger charge is -1.98. The number of aromatic nitrogens is 2. The quantitative estimate of drug-likeness (QED) is 0.789. The fraction of sp³-hybridized carbons (Fsp3) is 0. The fourth-order valence-electron chi connectivity index (χ4n) is 1.09. The van der Waals surface area contributed by atoms with Crippen LogP contribution in [-0.2, 0) is 0 Å². The van der Waals surface area contributed by atoms with Gasteiger partial charge in [0.05, 0.1) is 10.9 Å². The Morgan fingerprint density at radius 2 is 2.23 bits per heavy atom. The van der Waals surface area contributed by atoms with Gasteiger partial charge in [-0.1, -0.05) is 17.7 Å². The minimum Gasteiger partial charge on any atom is -0.286 e. The third-order valence-corrected chi connectivity index (χ3v) is 2.63. The van der Waals surface area contributed by atoms with E-state index in [4.69, 9.17) is 11.6 Å². The van der Waals surface area contributed by atoms with Gasteiger partial charge in [0.15, 0.2) is 5.15 Å². The molecule has 0 spiro atoms. The molecule has 0 atom stereocenters. The van der Waals surface area contributed by atoms with Crippen LogP contribution < -0.4 is 5.43 Å². The first-order valence-electron chi connectivity index (χ1n) is 3.52. The third-order valence-electron chi connectivity index (χ3n) is 1.71. The fourth-order valence-corrected chi connectivity index (χ4v) is 1.69. The molecule has 2 aromatic rings. The van der Waals surface area contributed by atoms with E-state index in [0.717, 1.165) is 4.47 Å². The van der Waals surface area contributed by atoms with Crippen molar-refractivity contribution >= 4 is 38.4 Å². The summed E-state index contributed by atoms with van der Waals surface area (Å²) < 4.78 is 0.797. The van der Waals surface area contributed by atoms with Gasteiger partial charge in [0.2, 0.25) is 5.43 Å². The summed E-state index contributed by atoms with van der Waals surface area (Å²) in [5.74, 6) is 0. The Morgan fingerprint density at radius 1 is 1.46 bits per heavy atom. The van der Waals surface area contributed by atoms with Gasteiger partial charge in [-0.2, -0.15) is 5.10 Å². The Morgan fingerprint density at radius 3 is 3.00 bits per heavy atom. The van der Waals surface area contributed by atoms with E-state index in [0.29, 0.717) is 10.9 Å². The minimum absolute atomic E-state index is 0.0365. The lowest BCUT2D eigenvalue weighted by Crippen LogP contribution is -2.06. The van der Waals surface area contributed by atoms with E-state index in [1.165, 1.54) is 0 Å². The zero-order chi connectivity index (χ0) is 9.42. The zero-order valence-corrected chi connectivity index (χ0v) is 8.69. The van der Waals surface area contributed by atoms with Gasteiger partial charge in [-0.25, -0.2) is 0 Å². The first kappa shape index (κ1) is 8.72. The van der Waals surface area contributed by atoms with Crippen LogP contribution in [0.5, 0.6) is 0 Å². The lowest BCUT2D eigenvalue weighted by atomic mass is 10.2. The molecule has 0 bridgehead atoms. The average molecular weight is 259 g/mol. The van der Waals surface area contributed by atoms with Crippen LogP contribution in [0.4, 0.5) is 0 Å². The highest BCUT2D eigenvalue weighted by Crippen LogP contribution is 2.19. The van der Waals surface area contributed by atoms with Crippen LogP contribution in [-0.4, -0.2) is 10.2 Å². The first-order chi connectivity index (χ1) is 6.20. The average Bonchev–Trinajstić information content (AvgIpc) is 2.12. The van der Waals surface area contributed by atoms with Crippen molar-refractivity contribution in [2.45, 2.75) is 0 Å². The molecule has 0 saturated heterocycles. The number of rotatable bonds is 0. The van der Waals surface area contributed by atoms with Gasteiger partial charge in [-0.05, 0) is 28.1 Å². The van der Waals surface area contributed by atoms with Gasteiger partial charge >= 0.3 is 0 Å². The van der Waals surface area contributed by atoms with Crippen molar-refractivity contribution in [3.05, 3.63) is 38.0 Å². The molecule has 13 heavy (non-hydrogen) atoms. The molecule has 0 fully saturated rings. The lowest BCUT2D eigenvalue weighted by molar-refractivity contribution is 1.06. The molecular formula is C8H4BrClN2O. The summed E-state index contributed by atoms with van der Waals surface area (Å²) in [4.78, 5) is 11.4. The second-order valence-corrected chi connectivity index (χ2v) is 3.72. The molecule has 0 unspecified atom stereocenters. The van der Waals surface area contributed by atoms with Crippen LogP contribution in [0.15, 0.2) is 27.5 Å². The van der Waals surface area contributed by atoms with Gasteiger partial charge in [0, 0.05) is 4.47 Å². The molecule has 1 aromatic carbocycles. The topological polar surface area (TPSA) is 45.8 Å². The van der Waals surface area contributed by atoms with E-state index in [1.54, 1.807) is 12.1 Å². The largest absolute Gasteiger partial charge is 0.286 e. The predicted octanol–water partition coefficient (Wildman–Crippen LogP) is 2.34. The molecule has 0 aliphatic rings. The van der Waals surface area contributed by atoms with Gasteiger partial charge in [0.1, 0.15) is 0 Å². The van der Waals surface area contributed by atoms with Crippen LogP contribution >= 0.6 is 27.5 Å². The molecule has 0 aliphatic heterocycles. The third kappa shape index (κ3) is 1.36. The van der Waals surface area contributed by atoms with Gasteiger partial charge in [-0.3, -0.25) is 9.89 Å². The van der Waals surface area contributed by atoms with E-state index in [1.807, 2.05) is 6.07 Å². The summed E-state index contributed by atoms with van der Waals surface area (Å²) >= 11 is 8.87. The van der Waals surface area contributed by atoms with E-state index < -0.39 is 0 Å². The molecule has 2 rings (SSSR count). The van der Waals surface area contributed by atoms with Gasteiger partial charge in [-0.15, -0.1) is 0 Å². The number of halogens is 2. The number of nitrogens with one attached hydrogen (secondary N) is 1. The SMILES string of the molecule is O=c1c(Cl)n[nH]c2c(Br)cccc12. The second kappa shape index (κ2) is 3.12. The Hall–Kier alpha value is -0.870. The highest BCUT2D eigenvalue weighted by Gasteiger charge is 2.05. The van der Waals surface area contributed by atoms with E-state index in [2.05, 4.69) is 26.1 Å². The molecule has 0 saturated carbocycles. The number of hydrogen-bond donors (Lipinski definition) is 1. The molecule has 5 heteroatoms. The van der Waals surface area contributed by atoms with E-state index >= 15 is 0 Å². The number of para-hydroxylation sites is 1. The summed E-state index contributed by atoms with van der Waals surface area (Å²) in [5.41, 5.74) is 0.411. The van der Waals surface area contributed by atoms with Crippen molar-refractivity contribution in [2.75, 3.05) is 0 Å². The molecule has 1 N–H and O–H groups in total. The molecule has 3 nitrogen and oxygen atoms in total. The normalized spacial score (nSPS) is 10.6. The Labute approximate surface area is 86.9 Å². The van der Waals surface area contributed by atoms with Gasteiger partial charge < -0.3 is 0 Å². The van der Waals surface area contributed by atoms with Crippen LogP contribution in [0.2, 0.25) is 5.15 Å². The summed E-state index contributed by atoms with van der Waals surface area (Å²) in [5, 5.41) is 6.86. The summed E-state index contributed by atoms with van der Waals surface area (Å²) in [6.07, 6.45) is 0. The van der Waals surface area contributed by atoms with Crippen LogP contribution in [0.3, 0.4) is 0 Å². The summed E-state index contributed by atoms with van der Waals surface area (Å²) in [7, 11) is 0. The first-order valence-corrected chi connectivity index (χ1v) is 4.69. The summed E-state index contributed by atoms with van der Waals surface area (Å²) in [6.45, 7) is 0. The van der Waals surface area contributed by atoms with Crippen LogP contribution in [0.1, 0.15) is 0 Å². The van der Waals surface area contributed by atoms with E-state index in [9.17, 15) is 4.79 Å². The standard InChI is InChI=1S/C8H4BrClN2O/c9-5-3-1-2-4-6(5)11-12-8(10)7(4)13/h1-3H,(H,11,13). The molecule has 0 aliphatic carbocycles. The van der Waals surface area contributed by atoms with Crippen LogP contribution in [0, 0.1) is 0 Å². The molecule has 66 valence electrons. The molecule has 0 radical (unpaired) electrons. The smallest absolute Gasteiger partial charge is 0.226 e. The number of aromatic amines is 1. The monoisotopic (exact) mass is 258 g/mol. The number of hydrogen-bond acceptors (Lipinski definition) is 2. The molecular weight excluding hydrogens is 255 g/mol. The maximum Gasteiger partial charge on any atom is 0.226 e. The number of fused-ring (bicyclic) bond motifs is 1.